The molecule has 1 N–H and O–H groups in total. The highest BCUT2D eigenvalue weighted by Crippen LogP contribution is 2.65. The Labute approximate surface area is 133 Å². The van der Waals surface area contributed by atoms with Gasteiger partial charge >= 0.3 is 0 Å². The first-order chi connectivity index (χ1) is 9.77. The van der Waals surface area contributed by atoms with Crippen molar-refractivity contribution in [3.63, 3.8) is 0 Å². The highest BCUT2D eigenvalue weighted by Gasteiger charge is 2.61. The van der Waals surface area contributed by atoms with Crippen LogP contribution in [-0.2, 0) is 0 Å². The maximum absolute atomic E-state index is 4.00. The molecule has 0 aromatic heterocycles. The molecule has 2 rings (SSSR count). The van der Waals surface area contributed by atoms with Crippen molar-refractivity contribution < 1.29 is 0 Å². The molecule has 0 radical (unpaired) electrons. The molecule has 21 heavy (non-hydrogen) atoms. The first-order valence-electron chi connectivity index (χ1n) is 9.17. The number of rotatable bonds is 7. The maximum Gasteiger partial charge on any atom is 0.0242 e. The smallest absolute Gasteiger partial charge is 0.0242 e. The van der Waals surface area contributed by atoms with E-state index in [1.54, 1.807) is 0 Å². The van der Waals surface area contributed by atoms with Crippen molar-refractivity contribution in [1.82, 2.24) is 10.2 Å². The van der Waals surface area contributed by atoms with Gasteiger partial charge in [-0.25, -0.2) is 0 Å². The normalized spacial score (nSPS) is 35.9. The van der Waals surface area contributed by atoms with E-state index >= 15 is 0 Å². The summed E-state index contributed by atoms with van der Waals surface area (Å²) in [6, 6.07) is 1.40. The Morgan fingerprint density at radius 1 is 1.14 bits per heavy atom. The molecule has 124 valence electrons. The van der Waals surface area contributed by atoms with Crippen molar-refractivity contribution in [2.75, 3.05) is 20.6 Å². The average molecular weight is 295 g/mol. The first kappa shape index (κ1) is 17.3. The number of hydrogen-bond acceptors (Lipinski definition) is 2. The summed E-state index contributed by atoms with van der Waals surface area (Å²) in [4.78, 5) is 2.44. The molecule has 0 aromatic carbocycles. The Bertz CT molecular complexity index is 345. The van der Waals surface area contributed by atoms with Gasteiger partial charge in [0.2, 0.25) is 0 Å². The van der Waals surface area contributed by atoms with Gasteiger partial charge in [0.15, 0.2) is 0 Å². The monoisotopic (exact) mass is 294 g/mol. The SMILES string of the molecule is CCC(CC)C(CNC1CC2CCC1(C)C2(C)C)N(C)C. The molecule has 0 saturated heterocycles. The van der Waals surface area contributed by atoms with E-state index in [0.717, 1.165) is 24.4 Å². The van der Waals surface area contributed by atoms with Crippen molar-refractivity contribution in [3.8, 4) is 0 Å². The zero-order valence-electron chi connectivity index (χ0n) is 15.5. The maximum atomic E-state index is 4.00. The van der Waals surface area contributed by atoms with Crippen LogP contribution in [0.15, 0.2) is 0 Å². The van der Waals surface area contributed by atoms with Gasteiger partial charge in [0.25, 0.3) is 0 Å². The van der Waals surface area contributed by atoms with Gasteiger partial charge in [0.05, 0.1) is 0 Å². The molecule has 4 atom stereocenters. The lowest BCUT2D eigenvalue weighted by molar-refractivity contribution is 0.110. The van der Waals surface area contributed by atoms with Gasteiger partial charge in [-0.1, -0.05) is 47.5 Å². The number of nitrogens with one attached hydrogen (secondary N) is 1. The number of fused-ring (bicyclic) bond motifs is 2. The predicted molar refractivity (Wildman–Crippen MR) is 92.6 cm³/mol. The topological polar surface area (TPSA) is 15.3 Å². The Morgan fingerprint density at radius 2 is 1.76 bits per heavy atom. The van der Waals surface area contributed by atoms with E-state index < -0.39 is 0 Å². The molecule has 0 aromatic rings. The Morgan fingerprint density at radius 3 is 2.14 bits per heavy atom. The van der Waals surface area contributed by atoms with Crippen LogP contribution in [0.1, 0.15) is 66.7 Å². The predicted octanol–water partition coefficient (Wildman–Crippen LogP) is 4.16. The molecule has 0 aliphatic heterocycles. The minimum absolute atomic E-state index is 0.502. The molecular weight excluding hydrogens is 256 g/mol. The van der Waals surface area contributed by atoms with Gasteiger partial charge in [-0.05, 0) is 56.0 Å². The Hall–Kier alpha value is -0.0800. The van der Waals surface area contributed by atoms with E-state index in [-0.39, 0.29) is 0 Å². The summed E-state index contributed by atoms with van der Waals surface area (Å²) in [5, 5.41) is 4.00. The molecular formula is C19H38N2. The lowest BCUT2D eigenvalue weighted by Crippen LogP contribution is -2.50. The van der Waals surface area contributed by atoms with Crippen LogP contribution in [0.5, 0.6) is 0 Å². The fourth-order valence-corrected chi connectivity index (χ4v) is 5.38. The lowest BCUT2D eigenvalue weighted by atomic mass is 9.69. The molecule has 0 amide bonds. The quantitative estimate of drug-likeness (QED) is 0.758. The van der Waals surface area contributed by atoms with Crippen LogP contribution in [-0.4, -0.2) is 37.6 Å². The second-order valence-corrected chi connectivity index (χ2v) is 8.68. The summed E-state index contributed by atoms with van der Waals surface area (Å²) < 4.78 is 0. The van der Waals surface area contributed by atoms with Crippen molar-refractivity contribution in [2.24, 2.45) is 22.7 Å². The third kappa shape index (κ3) is 2.79. The van der Waals surface area contributed by atoms with Crippen LogP contribution in [0, 0.1) is 22.7 Å². The third-order valence-corrected chi connectivity index (χ3v) is 7.62. The molecule has 2 bridgehead atoms. The van der Waals surface area contributed by atoms with E-state index in [2.05, 4.69) is 58.9 Å². The van der Waals surface area contributed by atoms with Crippen LogP contribution < -0.4 is 5.32 Å². The fourth-order valence-electron chi connectivity index (χ4n) is 5.38. The van der Waals surface area contributed by atoms with Crippen LogP contribution in [0.25, 0.3) is 0 Å². The summed E-state index contributed by atoms with van der Waals surface area (Å²) in [7, 11) is 4.49. The summed E-state index contributed by atoms with van der Waals surface area (Å²) >= 11 is 0. The van der Waals surface area contributed by atoms with E-state index in [0.29, 0.717) is 16.9 Å². The first-order valence-corrected chi connectivity index (χ1v) is 9.17. The van der Waals surface area contributed by atoms with Crippen LogP contribution >= 0.6 is 0 Å². The van der Waals surface area contributed by atoms with E-state index in [1.165, 1.54) is 32.1 Å². The summed E-state index contributed by atoms with van der Waals surface area (Å²) in [6.45, 7) is 13.4. The second-order valence-electron chi connectivity index (χ2n) is 8.68. The van der Waals surface area contributed by atoms with Gasteiger partial charge in [0, 0.05) is 18.6 Å². The van der Waals surface area contributed by atoms with E-state index in [9.17, 15) is 0 Å². The fraction of sp³-hybridized carbons (Fsp3) is 1.00. The zero-order chi connectivity index (χ0) is 15.8. The highest BCUT2D eigenvalue weighted by atomic mass is 15.1. The standard InChI is InChI=1S/C19H38N2/c1-8-14(9-2)16(21(6)7)13-20-17-12-15-10-11-19(17,5)18(15,3)4/h14-17,20H,8-13H2,1-7H3. The minimum atomic E-state index is 0.502. The largest absolute Gasteiger partial charge is 0.312 e. The van der Waals surface area contributed by atoms with Crippen LogP contribution in [0.4, 0.5) is 0 Å². The van der Waals surface area contributed by atoms with Gasteiger partial charge in [-0.3, -0.25) is 0 Å². The number of hydrogen-bond donors (Lipinski definition) is 1. The summed E-state index contributed by atoms with van der Waals surface area (Å²) in [5.41, 5.74) is 1.02. The Kier molecular flexibility index (Phi) is 5.10. The number of nitrogens with zero attached hydrogens (tertiary/aromatic N) is 1. The van der Waals surface area contributed by atoms with Gasteiger partial charge in [-0.15, -0.1) is 0 Å². The molecule has 0 spiro atoms. The summed E-state index contributed by atoms with van der Waals surface area (Å²) in [5.74, 6) is 1.75. The second kappa shape index (κ2) is 6.20. The minimum Gasteiger partial charge on any atom is -0.312 e. The van der Waals surface area contributed by atoms with Crippen molar-refractivity contribution >= 4 is 0 Å². The molecule has 2 fully saturated rings. The molecule has 2 aliphatic carbocycles. The molecule has 2 aliphatic rings. The van der Waals surface area contributed by atoms with Crippen molar-refractivity contribution in [2.45, 2.75) is 78.8 Å². The number of likely N-dealkylation sites (N-methyl/N-ethyl adjacent to an activating group) is 1. The van der Waals surface area contributed by atoms with Gasteiger partial charge < -0.3 is 10.2 Å². The van der Waals surface area contributed by atoms with Gasteiger partial charge in [-0.2, -0.15) is 0 Å². The Balaban J connectivity index is 2.00. The molecule has 2 nitrogen and oxygen atoms in total. The zero-order valence-corrected chi connectivity index (χ0v) is 15.5. The van der Waals surface area contributed by atoms with Crippen molar-refractivity contribution in [1.29, 1.82) is 0 Å². The van der Waals surface area contributed by atoms with Gasteiger partial charge in [0.1, 0.15) is 0 Å². The average Bonchev–Trinajstić information content (AvgIpc) is 2.76. The molecule has 2 heteroatoms. The lowest BCUT2D eigenvalue weighted by Gasteiger charge is -2.41. The molecule has 0 heterocycles. The van der Waals surface area contributed by atoms with E-state index in [4.69, 9.17) is 0 Å². The molecule has 2 saturated carbocycles. The van der Waals surface area contributed by atoms with Crippen LogP contribution in [0.2, 0.25) is 0 Å². The van der Waals surface area contributed by atoms with E-state index in [1.807, 2.05) is 0 Å². The van der Waals surface area contributed by atoms with Crippen molar-refractivity contribution in [3.05, 3.63) is 0 Å². The third-order valence-electron chi connectivity index (χ3n) is 7.62. The summed E-state index contributed by atoms with van der Waals surface area (Å²) in [6.07, 6.45) is 6.84. The van der Waals surface area contributed by atoms with Crippen LogP contribution in [0.3, 0.4) is 0 Å². The highest BCUT2D eigenvalue weighted by molar-refractivity contribution is 5.13. The molecule has 4 unspecified atom stereocenters.